The fourth-order valence-electron chi connectivity index (χ4n) is 5.97. The van der Waals surface area contributed by atoms with Gasteiger partial charge in [0.2, 0.25) is 0 Å². The summed E-state index contributed by atoms with van der Waals surface area (Å²) >= 11 is 0. The maximum absolute atomic E-state index is 6.49. The third-order valence-electron chi connectivity index (χ3n) is 8.05. The van der Waals surface area contributed by atoms with E-state index in [-0.39, 0.29) is 6.10 Å². The minimum atomic E-state index is 0.0658. The summed E-state index contributed by atoms with van der Waals surface area (Å²) in [4.78, 5) is 13.9. The predicted octanol–water partition coefficient (Wildman–Crippen LogP) is 5.74. The SMILES string of the molecule is Cc1nccn1CC1CC(c2nc(-c3ccc4c(c3)O[C@@H](c3ccccc3)CC4)c3c(N)nccn23)C1. The van der Waals surface area contributed by atoms with Gasteiger partial charge in [0.25, 0.3) is 0 Å². The van der Waals surface area contributed by atoms with E-state index in [1.807, 2.05) is 18.5 Å². The van der Waals surface area contributed by atoms with Gasteiger partial charge < -0.3 is 15.0 Å². The fraction of sp³-hybridized carbons (Fsp3) is 0.300. The lowest BCUT2D eigenvalue weighted by Crippen LogP contribution is -2.27. The molecule has 2 N–H and O–H groups in total. The van der Waals surface area contributed by atoms with Crippen molar-refractivity contribution in [3.63, 3.8) is 0 Å². The number of hydrogen-bond acceptors (Lipinski definition) is 5. The zero-order valence-electron chi connectivity index (χ0n) is 20.9. The van der Waals surface area contributed by atoms with E-state index < -0.39 is 0 Å². The molecule has 7 rings (SSSR count). The topological polar surface area (TPSA) is 83.3 Å². The van der Waals surface area contributed by atoms with Crippen molar-refractivity contribution >= 4 is 11.3 Å². The fourth-order valence-corrected chi connectivity index (χ4v) is 5.97. The highest BCUT2D eigenvalue weighted by molar-refractivity contribution is 5.86. The van der Waals surface area contributed by atoms with Crippen LogP contribution in [0.4, 0.5) is 5.82 Å². The normalized spacial score (nSPS) is 20.8. The second-order valence-corrected chi connectivity index (χ2v) is 10.4. The van der Waals surface area contributed by atoms with Crippen LogP contribution in [0.3, 0.4) is 0 Å². The monoisotopic (exact) mass is 490 g/mol. The molecule has 4 heterocycles. The molecule has 0 saturated heterocycles. The first kappa shape index (κ1) is 22.1. The molecule has 5 aromatic rings. The Kier molecular flexibility index (Phi) is 5.23. The molecule has 0 amide bonds. The Morgan fingerprint density at radius 2 is 1.86 bits per heavy atom. The maximum Gasteiger partial charge on any atom is 0.150 e. The van der Waals surface area contributed by atoms with Crippen LogP contribution in [0.5, 0.6) is 5.75 Å². The molecule has 2 aromatic carbocycles. The number of aromatic nitrogens is 5. The van der Waals surface area contributed by atoms with Gasteiger partial charge in [0.1, 0.15) is 40.5 Å². The zero-order chi connectivity index (χ0) is 24.9. The molecule has 1 fully saturated rings. The van der Waals surface area contributed by atoms with Gasteiger partial charge in [-0.1, -0.05) is 42.5 Å². The van der Waals surface area contributed by atoms with Crippen LogP contribution in [0.2, 0.25) is 0 Å². The van der Waals surface area contributed by atoms with Gasteiger partial charge in [-0.3, -0.25) is 4.40 Å². The van der Waals surface area contributed by atoms with Crippen molar-refractivity contribution in [2.45, 2.75) is 51.2 Å². The Hall–Kier alpha value is -4.13. The molecule has 0 spiro atoms. The first-order valence-corrected chi connectivity index (χ1v) is 13.1. The zero-order valence-corrected chi connectivity index (χ0v) is 20.9. The smallest absolute Gasteiger partial charge is 0.150 e. The number of hydrogen-bond donors (Lipinski definition) is 1. The molecule has 7 nitrogen and oxygen atoms in total. The Morgan fingerprint density at radius 1 is 1.03 bits per heavy atom. The van der Waals surface area contributed by atoms with Crippen molar-refractivity contribution < 1.29 is 4.74 Å². The second kappa shape index (κ2) is 8.76. The lowest BCUT2D eigenvalue weighted by molar-refractivity contribution is 0.177. The Labute approximate surface area is 216 Å². The Bertz CT molecular complexity index is 1580. The lowest BCUT2D eigenvalue weighted by atomic mass is 9.74. The van der Waals surface area contributed by atoms with Gasteiger partial charge in [-0.05, 0) is 55.7 Å². The number of imidazole rings is 2. The molecule has 7 heteroatoms. The van der Waals surface area contributed by atoms with Gasteiger partial charge in [0.15, 0.2) is 0 Å². The van der Waals surface area contributed by atoms with Crippen LogP contribution < -0.4 is 10.5 Å². The highest BCUT2D eigenvalue weighted by atomic mass is 16.5. The third kappa shape index (κ3) is 3.86. The highest BCUT2D eigenvalue weighted by Gasteiger charge is 2.35. The van der Waals surface area contributed by atoms with Crippen LogP contribution in [0.1, 0.15) is 54.1 Å². The van der Waals surface area contributed by atoms with Gasteiger partial charge >= 0.3 is 0 Å². The summed E-state index contributed by atoms with van der Waals surface area (Å²) in [7, 11) is 0. The molecular weight excluding hydrogens is 460 g/mol. The van der Waals surface area contributed by atoms with Crippen LogP contribution in [-0.4, -0.2) is 23.9 Å². The standard InChI is InChI=1S/C30H30N6O/c1-19-32-11-13-35(19)18-20-15-24(16-20)30-34-27(28-29(31)33-12-14-36(28)30)23-8-7-22-9-10-25(37-26(22)17-23)21-5-3-2-4-6-21/h2-8,11-14,17,20,24-25H,9-10,15-16,18H2,1H3,(H2,31,33)/t20?,24?,25-/m1/s1. The average molecular weight is 491 g/mol. The van der Waals surface area contributed by atoms with E-state index >= 15 is 0 Å². The number of ether oxygens (including phenoxy) is 1. The number of fused-ring (bicyclic) bond motifs is 2. The number of rotatable bonds is 5. The van der Waals surface area contributed by atoms with Crippen molar-refractivity contribution in [2.75, 3.05) is 5.73 Å². The summed E-state index contributed by atoms with van der Waals surface area (Å²) in [6, 6.07) is 16.9. The van der Waals surface area contributed by atoms with Crippen LogP contribution in [0.25, 0.3) is 16.8 Å². The molecule has 1 aliphatic carbocycles. The minimum Gasteiger partial charge on any atom is -0.485 e. The third-order valence-corrected chi connectivity index (χ3v) is 8.05. The maximum atomic E-state index is 6.49. The molecule has 1 atom stereocenters. The molecular formula is C30H30N6O. The van der Waals surface area contributed by atoms with Gasteiger partial charge in [-0.15, -0.1) is 0 Å². The number of benzene rings is 2. The van der Waals surface area contributed by atoms with E-state index in [1.165, 1.54) is 11.1 Å². The Balaban J connectivity index is 1.20. The molecule has 1 aliphatic heterocycles. The van der Waals surface area contributed by atoms with Gasteiger partial charge in [0.05, 0.1) is 0 Å². The van der Waals surface area contributed by atoms with Crippen LogP contribution in [0.15, 0.2) is 73.3 Å². The first-order chi connectivity index (χ1) is 18.1. The molecule has 0 unspecified atom stereocenters. The number of aryl methyl sites for hydroxylation is 2. The Morgan fingerprint density at radius 3 is 2.68 bits per heavy atom. The average Bonchev–Trinajstić information content (AvgIpc) is 3.49. The summed E-state index contributed by atoms with van der Waals surface area (Å²) in [6.07, 6.45) is 11.9. The van der Waals surface area contributed by atoms with Gasteiger partial charge in [0, 0.05) is 42.8 Å². The number of nitrogen functional groups attached to an aromatic ring is 1. The van der Waals surface area contributed by atoms with E-state index in [4.69, 9.17) is 15.5 Å². The predicted molar refractivity (Wildman–Crippen MR) is 143 cm³/mol. The summed E-state index contributed by atoms with van der Waals surface area (Å²) in [5.74, 6) is 4.59. The van der Waals surface area contributed by atoms with Crippen molar-refractivity contribution in [1.82, 2.24) is 23.9 Å². The number of nitrogens with two attached hydrogens (primary N) is 1. The van der Waals surface area contributed by atoms with E-state index in [9.17, 15) is 0 Å². The molecule has 2 aliphatic rings. The molecule has 0 bridgehead atoms. The summed E-state index contributed by atoms with van der Waals surface area (Å²) in [5, 5.41) is 0. The summed E-state index contributed by atoms with van der Waals surface area (Å²) < 4.78 is 10.9. The van der Waals surface area contributed by atoms with E-state index in [2.05, 4.69) is 74.5 Å². The van der Waals surface area contributed by atoms with Crippen molar-refractivity contribution in [3.05, 3.63) is 96.1 Å². The van der Waals surface area contributed by atoms with Crippen molar-refractivity contribution in [3.8, 4) is 17.0 Å². The van der Waals surface area contributed by atoms with E-state index in [1.54, 1.807) is 6.20 Å². The molecule has 1 saturated carbocycles. The van der Waals surface area contributed by atoms with Gasteiger partial charge in [-0.25, -0.2) is 15.0 Å². The summed E-state index contributed by atoms with van der Waals surface area (Å²) in [5.41, 5.74) is 11.6. The first-order valence-electron chi connectivity index (χ1n) is 13.1. The quantitative estimate of drug-likeness (QED) is 0.339. The van der Waals surface area contributed by atoms with E-state index in [0.717, 1.165) is 66.4 Å². The highest BCUT2D eigenvalue weighted by Crippen LogP contribution is 2.45. The van der Waals surface area contributed by atoms with Crippen LogP contribution >= 0.6 is 0 Å². The van der Waals surface area contributed by atoms with Crippen LogP contribution in [0, 0.1) is 12.8 Å². The van der Waals surface area contributed by atoms with Crippen molar-refractivity contribution in [1.29, 1.82) is 0 Å². The minimum absolute atomic E-state index is 0.0658. The van der Waals surface area contributed by atoms with Gasteiger partial charge in [-0.2, -0.15) is 0 Å². The molecule has 3 aromatic heterocycles. The lowest BCUT2D eigenvalue weighted by Gasteiger charge is -2.35. The van der Waals surface area contributed by atoms with E-state index in [0.29, 0.717) is 17.7 Å². The molecule has 0 radical (unpaired) electrons. The second-order valence-electron chi connectivity index (χ2n) is 10.4. The van der Waals surface area contributed by atoms with Crippen LogP contribution in [-0.2, 0) is 13.0 Å². The molecule has 37 heavy (non-hydrogen) atoms. The largest absolute Gasteiger partial charge is 0.485 e. The number of anilines is 1. The summed E-state index contributed by atoms with van der Waals surface area (Å²) in [6.45, 7) is 3.07. The van der Waals surface area contributed by atoms with Crippen molar-refractivity contribution in [2.24, 2.45) is 5.92 Å². The molecule has 186 valence electrons. The number of nitrogens with zero attached hydrogens (tertiary/aromatic N) is 5.